The van der Waals surface area contributed by atoms with E-state index >= 15 is 0 Å². The highest BCUT2D eigenvalue weighted by Crippen LogP contribution is 2.53. The van der Waals surface area contributed by atoms with E-state index in [4.69, 9.17) is 0 Å². The third-order valence-electron chi connectivity index (χ3n) is 7.76. The first-order valence-electron chi connectivity index (χ1n) is 12.2. The van der Waals surface area contributed by atoms with Gasteiger partial charge in [-0.25, -0.2) is 0 Å². The van der Waals surface area contributed by atoms with E-state index in [0.717, 1.165) is 31.8 Å². The van der Waals surface area contributed by atoms with Crippen LogP contribution >= 0.6 is 0 Å². The third kappa shape index (κ3) is 5.67. The Hall–Kier alpha value is -2.29. The summed E-state index contributed by atoms with van der Waals surface area (Å²) in [5, 5.41) is 0. The van der Waals surface area contributed by atoms with Crippen molar-refractivity contribution in [3.05, 3.63) is 29.8 Å². The maximum atomic E-state index is 13.2. The van der Waals surface area contributed by atoms with Crippen LogP contribution in [0.15, 0.2) is 24.3 Å². The van der Waals surface area contributed by atoms with E-state index in [2.05, 4.69) is 4.90 Å². The molecule has 1 spiro atoms. The van der Waals surface area contributed by atoms with Crippen molar-refractivity contribution in [2.24, 2.45) is 5.41 Å². The highest BCUT2D eigenvalue weighted by molar-refractivity contribution is 5.88. The Morgan fingerprint density at radius 1 is 1.06 bits per heavy atom. The molecule has 1 atom stereocenters. The number of carbonyl (C=O) groups is 2. The predicted molar refractivity (Wildman–Crippen MR) is 124 cm³/mol. The van der Waals surface area contributed by atoms with Crippen LogP contribution in [0.4, 0.5) is 18.9 Å². The molecule has 1 aliphatic carbocycles. The van der Waals surface area contributed by atoms with Crippen molar-refractivity contribution in [3.8, 4) is 0 Å². The topological polar surface area (TPSA) is 47.1 Å². The number of nitrogens with zero attached hydrogens (tertiary/aromatic N) is 4. The number of hydrogen-bond donors (Lipinski definition) is 0. The zero-order chi connectivity index (χ0) is 24.5. The van der Waals surface area contributed by atoms with Crippen molar-refractivity contribution in [2.75, 3.05) is 58.3 Å². The van der Waals surface area contributed by atoms with Gasteiger partial charge < -0.3 is 19.6 Å². The van der Waals surface area contributed by atoms with Gasteiger partial charge in [0.15, 0.2) is 0 Å². The lowest BCUT2D eigenvalue weighted by Crippen LogP contribution is -2.51. The summed E-state index contributed by atoms with van der Waals surface area (Å²) in [5.41, 5.74) is 0.332. The normalized spacial score (nSPS) is 22.0. The molecule has 3 aliphatic rings. The molecule has 4 rings (SSSR count). The van der Waals surface area contributed by atoms with Crippen molar-refractivity contribution in [1.82, 2.24) is 14.7 Å². The molecule has 0 unspecified atom stereocenters. The summed E-state index contributed by atoms with van der Waals surface area (Å²) >= 11 is 0. The van der Waals surface area contributed by atoms with Crippen molar-refractivity contribution < 1.29 is 22.8 Å². The second kappa shape index (κ2) is 9.76. The van der Waals surface area contributed by atoms with Gasteiger partial charge in [-0.15, -0.1) is 0 Å². The fraction of sp³-hybridized carbons (Fsp3) is 0.680. The Morgan fingerprint density at radius 3 is 2.38 bits per heavy atom. The molecule has 1 saturated carbocycles. The molecule has 34 heavy (non-hydrogen) atoms. The van der Waals surface area contributed by atoms with Crippen LogP contribution in [0.1, 0.15) is 44.1 Å². The Labute approximate surface area is 199 Å². The highest BCUT2D eigenvalue weighted by atomic mass is 19.4. The Balaban J connectivity index is 1.43. The SMILES string of the molecule is CN(C)C(=O)[C@H](CCN1CCC2(CC1)CC2)N1CCN(c2cccc(C(F)(F)F)c2)CCC1=O. The molecule has 6 nitrogen and oxygen atoms in total. The number of halogens is 3. The van der Waals surface area contributed by atoms with Gasteiger partial charge in [0.05, 0.1) is 5.56 Å². The summed E-state index contributed by atoms with van der Waals surface area (Å²) in [6.07, 6.45) is 1.43. The molecule has 0 N–H and O–H groups in total. The second-order valence-electron chi connectivity index (χ2n) is 10.3. The average molecular weight is 481 g/mol. The maximum Gasteiger partial charge on any atom is 0.416 e. The molecule has 1 aromatic rings. The van der Waals surface area contributed by atoms with Gasteiger partial charge >= 0.3 is 6.18 Å². The molecule has 0 bridgehead atoms. The molecular formula is C25H35F3N4O2. The molecule has 9 heteroatoms. The van der Waals surface area contributed by atoms with Gasteiger partial charge in [-0.2, -0.15) is 13.2 Å². The molecule has 2 aliphatic heterocycles. The fourth-order valence-electron chi connectivity index (χ4n) is 5.25. The number of anilines is 1. The summed E-state index contributed by atoms with van der Waals surface area (Å²) in [4.78, 5) is 33.5. The van der Waals surface area contributed by atoms with E-state index in [1.807, 2.05) is 4.90 Å². The number of amides is 2. The Bertz CT molecular complexity index is 890. The van der Waals surface area contributed by atoms with Gasteiger partial charge in [0, 0.05) is 52.4 Å². The van der Waals surface area contributed by atoms with Crippen LogP contribution in [-0.4, -0.2) is 85.9 Å². The third-order valence-corrected chi connectivity index (χ3v) is 7.76. The van der Waals surface area contributed by atoms with E-state index < -0.39 is 17.8 Å². The van der Waals surface area contributed by atoms with Gasteiger partial charge in [0.25, 0.3) is 0 Å². The molecule has 2 heterocycles. The fourth-order valence-corrected chi connectivity index (χ4v) is 5.25. The summed E-state index contributed by atoms with van der Waals surface area (Å²) < 4.78 is 39.5. The van der Waals surface area contributed by atoms with Gasteiger partial charge in [-0.1, -0.05) is 6.07 Å². The number of hydrogen-bond acceptors (Lipinski definition) is 4. The first-order valence-corrected chi connectivity index (χ1v) is 12.2. The van der Waals surface area contributed by atoms with E-state index in [1.165, 1.54) is 36.6 Å². The minimum absolute atomic E-state index is 0.100. The van der Waals surface area contributed by atoms with Crippen LogP contribution in [0, 0.1) is 5.41 Å². The van der Waals surface area contributed by atoms with E-state index in [0.29, 0.717) is 37.2 Å². The Morgan fingerprint density at radius 2 is 1.76 bits per heavy atom. The highest BCUT2D eigenvalue weighted by Gasteiger charge is 2.44. The zero-order valence-corrected chi connectivity index (χ0v) is 20.1. The first kappa shape index (κ1) is 24.8. The minimum Gasteiger partial charge on any atom is -0.369 e. The first-order chi connectivity index (χ1) is 16.1. The molecule has 1 aromatic carbocycles. The quantitative estimate of drug-likeness (QED) is 0.626. The molecule has 2 saturated heterocycles. The van der Waals surface area contributed by atoms with Crippen LogP contribution < -0.4 is 4.90 Å². The minimum atomic E-state index is -4.42. The summed E-state index contributed by atoms with van der Waals surface area (Å²) in [6, 6.07) is 4.66. The predicted octanol–water partition coefficient (Wildman–Crippen LogP) is 3.47. The lowest BCUT2D eigenvalue weighted by Gasteiger charge is -2.36. The lowest BCUT2D eigenvalue weighted by molar-refractivity contribution is -0.144. The van der Waals surface area contributed by atoms with Crippen molar-refractivity contribution in [3.63, 3.8) is 0 Å². The van der Waals surface area contributed by atoms with Gasteiger partial charge in [-0.05, 0) is 68.8 Å². The monoisotopic (exact) mass is 480 g/mol. The molecule has 0 radical (unpaired) electrons. The van der Waals surface area contributed by atoms with E-state index in [9.17, 15) is 22.8 Å². The molecule has 0 aromatic heterocycles. The van der Waals surface area contributed by atoms with Crippen LogP contribution in [0.2, 0.25) is 0 Å². The zero-order valence-electron chi connectivity index (χ0n) is 20.1. The molecule has 188 valence electrons. The average Bonchev–Trinajstić information content (AvgIpc) is 3.59. The van der Waals surface area contributed by atoms with Crippen LogP contribution in [0.3, 0.4) is 0 Å². The lowest BCUT2D eigenvalue weighted by atomic mass is 9.93. The number of rotatable bonds is 6. The molecular weight excluding hydrogens is 445 g/mol. The van der Waals surface area contributed by atoms with Gasteiger partial charge in [0.2, 0.25) is 11.8 Å². The number of benzene rings is 1. The van der Waals surface area contributed by atoms with E-state index in [-0.39, 0.29) is 18.2 Å². The van der Waals surface area contributed by atoms with Gasteiger partial charge in [-0.3, -0.25) is 9.59 Å². The number of alkyl halides is 3. The summed E-state index contributed by atoms with van der Waals surface area (Å²) in [5.74, 6) is -0.221. The van der Waals surface area contributed by atoms with Crippen molar-refractivity contribution in [1.29, 1.82) is 0 Å². The van der Waals surface area contributed by atoms with Crippen molar-refractivity contribution >= 4 is 17.5 Å². The number of piperidine rings is 1. The smallest absolute Gasteiger partial charge is 0.369 e. The molecule has 3 fully saturated rings. The van der Waals surface area contributed by atoms with Crippen molar-refractivity contribution in [2.45, 2.75) is 50.7 Å². The number of carbonyl (C=O) groups excluding carboxylic acids is 2. The maximum absolute atomic E-state index is 13.2. The number of likely N-dealkylation sites (tertiary alicyclic amines) is 1. The second-order valence-corrected chi connectivity index (χ2v) is 10.3. The van der Waals surface area contributed by atoms with Crippen LogP contribution in [0.25, 0.3) is 0 Å². The van der Waals surface area contributed by atoms with E-state index in [1.54, 1.807) is 25.1 Å². The Kier molecular flexibility index (Phi) is 7.12. The standard InChI is InChI=1S/C25H35F3N4O2/c1-29(2)23(34)21(6-12-30-14-10-24(8-9-24)11-15-30)32-17-16-31(13-7-22(32)33)20-5-3-4-19(18-20)25(26,27)28/h3-5,18,21H,6-17H2,1-2H3/t21-/m0/s1. The largest absolute Gasteiger partial charge is 0.416 e. The summed E-state index contributed by atoms with van der Waals surface area (Å²) in [6.45, 7) is 3.87. The van der Waals surface area contributed by atoms with Gasteiger partial charge in [0.1, 0.15) is 6.04 Å². The van der Waals surface area contributed by atoms with Crippen LogP contribution in [0.5, 0.6) is 0 Å². The summed E-state index contributed by atoms with van der Waals surface area (Å²) in [7, 11) is 3.40. The van der Waals surface area contributed by atoms with Crippen LogP contribution in [-0.2, 0) is 15.8 Å². The number of likely N-dealkylation sites (N-methyl/N-ethyl adjacent to an activating group) is 1. The molecule has 2 amide bonds.